The third kappa shape index (κ3) is 7.66. The molecule has 3 atom stereocenters. The molecule has 2 heterocycles. The van der Waals surface area contributed by atoms with Crippen LogP contribution in [0.15, 0.2) is 36.4 Å². The minimum Gasteiger partial charge on any atom is -0.463 e. The fourth-order valence-corrected chi connectivity index (χ4v) is 4.61. The molecule has 2 aliphatic rings. The van der Waals surface area contributed by atoms with Gasteiger partial charge in [-0.3, -0.25) is 14.4 Å². The molecule has 0 bridgehead atoms. The Hall–Kier alpha value is -2.67. The summed E-state index contributed by atoms with van der Waals surface area (Å²) in [4.78, 5) is 40.6. The summed E-state index contributed by atoms with van der Waals surface area (Å²) in [5, 5.41) is 13.0. The Morgan fingerprint density at radius 1 is 1.14 bits per heavy atom. The lowest BCUT2D eigenvalue weighted by Crippen LogP contribution is -2.50. The third-order valence-electron chi connectivity index (χ3n) is 7.04. The Morgan fingerprint density at radius 3 is 2.60 bits per heavy atom. The molecule has 0 spiro atoms. The highest BCUT2D eigenvalue weighted by Gasteiger charge is 2.34. The van der Waals surface area contributed by atoms with Gasteiger partial charge in [0.25, 0.3) is 0 Å². The maximum atomic E-state index is 13.4. The summed E-state index contributed by atoms with van der Waals surface area (Å²) in [7, 11) is 0. The number of hydrogen-bond acceptors (Lipinski definition) is 5. The Morgan fingerprint density at radius 2 is 1.89 bits per heavy atom. The van der Waals surface area contributed by atoms with Crippen LogP contribution in [0.25, 0.3) is 0 Å². The van der Waals surface area contributed by atoms with E-state index in [0.29, 0.717) is 25.8 Å². The van der Waals surface area contributed by atoms with Gasteiger partial charge in [0.2, 0.25) is 11.8 Å². The van der Waals surface area contributed by atoms with Gasteiger partial charge in [0.1, 0.15) is 6.61 Å². The molecule has 7 nitrogen and oxygen atoms in total. The van der Waals surface area contributed by atoms with Gasteiger partial charge in [-0.15, -0.1) is 0 Å². The van der Waals surface area contributed by atoms with Crippen LogP contribution in [-0.2, 0) is 32.1 Å². The van der Waals surface area contributed by atoms with E-state index in [1.54, 1.807) is 4.90 Å². The molecule has 3 rings (SSSR count). The number of carbonyl (C=O) groups is 3. The van der Waals surface area contributed by atoms with Crippen molar-refractivity contribution in [2.75, 3.05) is 13.2 Å². The summed E-state index contributed by atoms with van der Waals surface area (Å²) in [5.74, 6) is -1.14. The topological polar surface area (TPSA) is 95.9 Å². The van der Waals surface area contributed by atoms with Crippen molar-refractivity contribution >= 4 is 17.8 Å². The quantitative estimate of drug-likeness (QED) is 0.505. The van der Waals surface area contributed by atoms with Gasteiger partial charge < -0.3 is 20.1 Å². The number of benzene rings is 1. The van der Waals surface area contributed by atoms with Crippen LogP contribution in [0.4, 0.5) is 0 Å². The monoisotopic (exact) mass is 484 g/mol. The summed E-state index contributed by atoms with van der Waals surface area (Å²) in [6, 6.07) is 7.31. The first-order valence-corrected chi connectivity index (χ1v) is 12.8. The molecule has 0 fully saturated rings. The summed E-state index contributed by atoms with van der Waals surface area (Å²) in [6.45, 7) is 6.41. The third-order valence-corrected chi connectivity index (χ3v) is 7.04. The van der Waals surface area contributed by atoms with Crippen LogP contribution >= 0.6 is 0 Å². The van der Waals surface area contributed by atoms with Crippen molar-refractivity contribution < 1.29 is 24.2 Å². The highest BCUT2D eigenvalue weighted by Crippen LogP contribution is 2.26. The molecule has 7 heteroatoms. The summed E-state index contributed by atoms with van der Waals surface area (Å²) in [5.41, 5.74) is 1.91. The van der Waals surface area contributed by atoms with Crippen LogP contribution in [-0.4, -0.2) is 53.1 Å². The average Bonchev–Trinajstić information content (AvgIpc) is 2.82. The summed E-state index contributed by atoms with van der Waals surface area (Å²) < 4.78 is 5.47. The van der Waals surface area contributed by atoms with Crippen molar-refractivity contribution in [3.8, 4) is 0 Å². The smallest absolute Gasteiger partial charge is 0.305 e. The second-order valence-corrected chi connectivity index (χ2v) is 10.8. The van der Waals surface area contributed by atoms with E-state index < -0.39 is 5.92 Å². The number of rotatable bonds is 3. The number of aliphatic hydroxyl groups excluding tert-OH is 1. The fourth-order valence-electron chi connectivity index (χ4n) is 4.61. The number of carbonyl (C=O) groups excluding carboxylic acids is 3. The van der Waals surface area contributed by atoms with Crippen molar-refractivity contribution in [2.45, 2.75) is 84.3 Å². The van der Waals surface area contributed by atoms with Crippen LogP contribution in [0.5, 0.6) is 0 Å². The Balaban J connectivity index is 1.77. The van der Waals surface area contributed by atoms with Crippen molar-refractivity contribution in [2.24, 2.45) is 11.3 Å². The van der Waals surface area contributed by atoms with E-state index >= 15 is 0 Å². The van der Waals surface area contributed by atoms with Gasteiger partial charge in [-0.25, -0.2) is 0 Å². The van der Waals surface area contributed by atoms with Crippen LogP contribution in [0.1, 0.15) is 70.4 Å². The molecule has 2 amide bonds. The summed E-state index contributed by atoms with van der Waals surface area (Å²) in [6.07, 6.45) is 7.95. The van der Waals surface area contributed by atoms with Crippen LogP contribution in [0.2, 0.25) is 0 Å². The van der Waals surface area contributed by atoms with Gasteiger partial charge >= 0.3 is 5.97 Å². The molecule has 0 saturated carbocycles. The first-order valence-electron chi connectivity index (χ1n) is 12.8. The number of hydrogen-bond donors (Lipinski definition) is 2. The van der Waals surface area contributed by atoms with Crippen LogP contribution in [0.3, 0.4) is 0 Å². The van der Waals surface area contributed by atoms with Gasteiger partial charge in [-0.2, -0.15) is 0 Å². The number of nitrogens with one attached hydrogen (secondary N) is 1. The van der Waals surface area contributed by atoms with Crippen molar-refractivity contribution in [3.05, 3.63) is 47.5 Å². The van der Waals surface area contributed by atoms with Gasteiger partial charge in [0.05, 0.1) is 24.6 Å². The number of esters is 1. The number of amides is 2. The molecule has 1 aromatic carbocycles. The summed E-state index contributed by atoms with van der Waals surface area (Å²) >= 11 is 0. The van der Waals surface area contributed by atoms with Gasteiger partial charge in [0.15, 0.2) is 0 Å². The maximum Gasteiger partial charge on any atom is 0.305 e. The van der Waals surface area contributed by atoms with E-state index in [9.17, 15) is 19.5 Å². The zero-order valence-electron chi connectivity index (χ0n) is 21.3. The molecule has 1 aromatic rings. The second kappa shape index (κ2) is 12.3. The molecule has 0 radical (unpaired) electrons. The molecule has 0 unspecified atom stereocenters. The standard InChI is InChI=1S/C28H40N2O5/c1-28(2,3)24-19-35-26(33)14-8-6-4-5-7-12-21(27(34)29-24)16-25(32)30-17-22-13-10-9-11-20(22)15-23(30)18-31/h5,7,9-11,13,21,23-24,31H,4,6,8,12,14-19H2,1-3H3,(H,29,34)/t21-,23+,24-/m1/s1. The first-order chi connectivity index (χ1) is 16.7. The molecule has 192 valence electrons. The fraction of sp³-hybridized carbons (Fsp3) is 0.607. The Labute approximate surface area is 208 Å². The highest BCUT2D eigenvalue weighted by atomic mass is 16.5. The predicted molar refractivity (Wildman–Crippen MR) is 134 cm³/mol. The Kier molecular flexibility index (Phi) is 9.49. The lowest BCUT2D eigenvalue weighted by molar-refractivity contribution is -0.146. The van der Waals surface area contributed by atoms with Crippen molar-refractivity contribution in [3.63, 3.8) is 0 Å². The number of nitrogens with zero attached hydrogens (tertiary/aromatic N) is 1. The number of cyclic esters (lactones) is 1. The molecule has 2 aliphatic heterocycles. The predicted octanol–water partition coefficient (Wildman–Crippen LogP) is 3.53. The molecule has 0 aromatic heterocycles. The average molecular weight is 485 g/mol. The molecule has 0 saturated heterocycles. The highest BCUT2D eigenvalue weighted by molar-refractivity contribution is 5.86. The second-order valence-electron chi connectivity index (χ2n) is 10.8. The normalized spacial score (nSPS) is 24.7. The van der Waals surface area contributed by atoms with E-state index in [1.165, 1.54) is 0 Å². The van der Waals surface area contributed by atoms with Crippen LogP contribution in [0, 0.1) is 11.3 Å². The van der Waals surface area contributed by atoms with E-state index in [1.807, 2.05) is 57.2 Å². The van der Waals surface area contributed by atoms with Gasteiger partial charge in [-0.1, -0.05) is 57.2 Å². The van der Waals surface area contributed by atoms with Crippen molar-refractivity contribution in [1.82, 2.24) is 10.2 Å². The van der Waals surface area contributed by atoms with Crippen LogP contribution < -0.4 is 5.32 Å². The van der Waals surface area contributed by atoms with Crippen molar-refractivity contribution in [1.29, 1.82) is 0 Å². The van der Waals surface area contributed by atoms with E-state index in [0.717, 1.165) is 30.4 Å². The number of aliphatic hydroxyl groups is 1. The number of allylic oxidation sites excluding steroid dienone is 2. The van der Waals surface area contributed by atoms with Gasteiger partial charge in [-0.05, 0) is 48.6 Å². The SMILES string of the molecule is CC(C)(C)[C@H]1COC(=O)CCCCC=CC[C@H](CC(=O)N2Cc3ccccc3C[C@H]2CO)C(=O)N1. The largest absolute Gasteiger partial charge is 0.463 e. The Bertz CT molecular complexity index is 920. The van der Waals surface area contributed by atoms with E-state index in [4.69, 9.17) is 4.74 Å². The maximum absolute atomic E-state index is 13.4. The molecule has 2 N–H and O–H groups in total. The van der Waals surface area contributed by atoms with Gasteiger partial charge in [0, 0.05) is 19.4 Å². The molecule has 0 aliphatic carbocycles. The molecule has 35 heavy (non-hydrogen) atoms. The zero-order valence-corrected chi connectivity index (χ0v) is 21.3. The lowest BCUT2D eigenvalue weighted by atomic mass is 9.86. The minimum absolute atomic E-state index is 0.0610. The lowest BCUT2D eigenvalue weighted by Gasteiger charge is -2.37. The minimum atomic E-state index is -0.543. The van der Waals surface area contributed by atoms with E-state index in [-0.39, 0.29) is 54.9 Å². The molecular formula is C28H40N2O5. The number of ether oxygens (including phenoxy) is 1. The molecular weight excluding hydrogens is 444 g/mol. The number of fused-ring (bicyclic) bond motifs is 1. The zero-order chi connectivity index (χ0) is 25.4. The van der Waals surface area contributed by atoms with E-state index in [2.05, 4.69) is 5.32 Å². The first kappa shape index (κ1) is 26.9.